The van der Waals surface area contributed by atoms with Gasteiger partial charge in [0, 0.05) is 25.8 Å². The Hall–Kier alpha value is -2.56. The molecule has 5 heteroatoms. The third-order valence-corrected chi connectivity index (χ3v) is 4.82. The number of ether oxygens (including phenoxy) is 1. The lowest BCUT2D eigenvalue weighted by Gasteiger charge is -2.19. The van der Waals surface area contributed by atoms with Crippen molar-refractivity contribution in [2.24, 2.45) is 0 Å². The molecule has 1 aliphatic rings. The van der Waals surface area contributed by atoms with Gasteiger partial charge in [0.05, 0.1) is 0 Å². The van der Waals surface area contributed by atoms with Crippen molar-refractivity contribution in [3.05, 3.63) is 53.7 Å². The van der Waals surface area contributed by atoms with Gasteiger partial charge in [0.15, 0.2) is 6.61 Å². The van der Waals surface area contributed by atoms with Gasteiger partial charge in [-0.25, -0.2) is 4.98 Å². The molecular weight excluding hydrogens is 338 g/mol. The zero-order valence-electron chi connectivity index (χ0n) is 16.5. The van der Waals surface area contributed by atoms with Crippen LogP contribution in [0.5, 0.6) is 5.75 Å². The lowest BCUT2D eigenvalue weighted by Crippen LogP contribution is -2.28. The van der Waals surface area contributed by atoms with E-state index in [0.717, 1.165) is 24.5 Å². The van der Waals surface area contributed by atoms with Crippen molar-refractivity contribution in [2.45, 2.75) is 45.6 Å². The quantitative estimate of drug-likeness (QED) is 0.846. The van der Waals surface area contributed by atoms with E-state index in [1.54, 1.807) is 0 Å². The Morgan fingerprint density at radius 2 is 1.85 bits per heavy atom. The molecule has 1 aromatic heterocycles. The van der Waals surface area contributed by atoms with Crippen LogP contribution in [-0.4, -0.2) is 30.6 Å². The number of aromatic nitrogens is 1. The van der Waals surface area contributed by atoms with E-state index in [1.165, 1.54) is 18.4 Å². The minimum Gasteiger partial charge on any atom is -0.484 e. The Morgan fingerprint density at radius 1 is 1.15 bits per heavy atom. The monoisotopic (exact) mass is 367 g/mol. The van der Waals surface area contributed by atoms with Crippen molar-refractivity contribution in [2.75, 3.05) is 24.6 Å². The second-order valence-corrected chi connectivity index (χ2v) is 8.06. The number of anilines is 1. The zero-order valence-corrected chi connectivity index (χ0v) is 16.5. The van der Waals surface area contributed by atoms with Crippen LogP contribution in [0.1, 0.15) is 44.7 Å². The van der Waals surface area contributed by atoms with Gasteiger partial charge in [-0.15, -0.1) is 0 Å². The van der Waals surface area contributed by atoms with Gasteiger partial charge in [-0.05, 0) is 53.6 Å². The molecule has 0 atom stereocenters. The molecule has 0 spiro atoms. The summed E-state index contributed by atoms with van der Waals surface area (Å²) in [5.74, 6) is 1.57. The summed E-state index contributed by atoms with van der Waals surface area (Å²) in [4.78, 5) is 18.8. The summed E-state index contributed by atoms with van der Waals surface area (Å²) >= 11 is 0. The molecule has 1 amide bonds. The largest absolute Gasteiger partial charge is 0.484 e. The molecule has 27 heavy (non-hydrogen) atoms. The SMILES string of the molecule is CC(C)(C)c1ccc(OCC(=O)NCc2ccnc(N3CCCC3)c2)cc1. The Balaban J connectivity index is 1.46. The highest BCUT2D eigenvalue weighted by atomic mass is 16.5. The van der Waals surface area contributed by atoms with E-state index in [-0.39, 0.29) is 17.9 Å². The molecule has 2 heterocycles. The fraction of sp³-hybridized carbons (Fsp3) is 0.455. The molecule has 2 aromatic rings. The third kappa shape index (κ3) is 5.46. The molecule has 5 nitrogen and oxygen atoms in total. The van der Waals surface area contributed by atoms with Gasteiger partial charge < -0.3 is 15.0 Å². The Labute approximate surface area is 161 Å². The van der Waals surface area contributed by atoms with E-state index in [4.69, 9.17) is 4.74 Å². The highest BCUT2D eigenvalue weighted by Gasteiger charge is 2.14. The first kappa shape index (κ1) is 19.2. The molecule has 1 aliphatic heterocycles. The predicted octanol–water partition coefficient (Wildman–Crippen LogP) is 3.67. The molecule has 1 fully saturated rings. The van der Waals surface area contributed by atoms with Crippen LogP contribution in [0.3, 0.4) is 0 Å². The number of benzene rings is 1. The van der Waals surface area contributed by atoms with Gasteiger partial charge in [0.25, 0.3) is 5.91 Å². The van der Waals surface area contributed by atoms with Crippen LogP contribution in [0, 0.1) is 0 Å². The summed E-state index contributed by atoms with van der Waals surface area (Å²) < 4.78 is 5.60. The second-order valence-electron chi connectivity index (χ2n) is 8.06. The maximum absolute atomic E-state index is 12.1. The zero-order chi connectivity index (χ0) is 19.3. The van der Waals surface area contributed by atoms with Crippen LogP contribution in [0.25, 0.3) is 0 Å². The summed E-state index contributed by atoms with van der Waals surface area (Å²) in [5.41, 5.74) is 2.40. The van der Waals surface area contributed by atoms with Gasteiger partial charge in [-0.3, -0.25) is 4.79 Å². The van der Waals surface area contributed by atoms with Crippen LogP contribution >= 0.6 is 0 Å². The first-order valence-corrected chi connectivity index (χ1v) is 9.62. The van der Waals surface area contributed by atoms with E-state index in [9.17, 15) is 4.79 Å². The van der Waals surface area contributed by atoms with Crippen LogP contribution < -0.4 is 15.0 Å². The summed E-state index contributed by atoms with van der Waals surface area (Å²) in [7, 11) is 0. The van der Waals surface area contributed by atoms with Crippen molar-refractivity contribution in [1.29, 1.82) is 0 Å². The minimum absolute atomic E-state index is 0.0128. The van der Waals surface area contributed by atoms with E-state index >= 15 is 0 Å². The van der Waals surface area contributed by atoms with Crippen molar-refractivity contribution < 1.29 is 9.53 Å². The van der Waals surface area contributed by atoms with Crippen molar-refractivity contribution in [3.63, 3.8) is 0 Å². The van der Waals surface area contributed by atoms with Crippen LogP contribution in [0.4, 0.5) is 5.82 Å². The third-order valence-electron chi connectivity index (χ3n) is 4.82. The summed E-state index contributed by atoms with van der Waals surface area (Å²) in [5, 5.41) is 2.91. The molecule has 0 aliphatic carbocycles. The lowest BCUT2D eigenvalue weighted by atomic mass is 9.87. The first-order valence-electron chi connectivity index (χ1n) is 9.62. The van der Waals surface area contributed by atoms with Crippen LogP contribution in [0.2, 0.25) is 0 Å². The van der Waals surface area contributed by atoms with Gasteiger partial charge >= 0.3 is 0 Å². The number of rotatable bonds is 6. The van der Waals surface area contributed by atoms with E-state index < -0.39 is 0 Å². The number of nitrogens with zero attached hydrogens (tertiary/aromatic N) is 2. The topological polar surface area (TPSA) is 54.5 Å². The first-order chi connectivity index (χ1) is 12.9. The van der Waals surface area contributed by atoms with Crippen LogP contribution in [0.15, 0.2) is 42.6 Å². The molecule has 0 saturated carbocycles. The number of hydrogen-bond donors (Lipinski definition) is 1. The predicted molar refractivity (Wildman–Crippen MR) is 108 cm³/mol. The average Bonchev–Trinajstić information content (AvgIpc) is 3.19. The second kappa shape index (κ2) is 8.42. The van der Waals surface area contributed by atoms with E-state index in [0.29, 0.717) is 12.3 Å². The molecule has 0 radical (unpaired) electrons. The Morgan fingerprint density at radius 3 is 2.52 bits per heavy atom. The van der Waals surface area contributed by atoms with Crippen LogP contribution in [-0.2, 0) is 16.8 Å². The van der Waals surface area contributed by atoms with Gasteiger partial charge in [0.2, 0.25) is 0 Å². The highest BCUT2D eigenvalue weighted by molar-refractivity contribution is 5.77. The number of nitrogens with one attached hydrogen (secondary N) is 1. The number of hydrogen-bond acceptors (Lipinski definition) is 4. The molecule has 0 bridgehead atoms. The maximum atomic E-state index is 12.1. The molecular formula is C22H29N3O2. The normalized spacial score (nSPS) is 14.3. The van der Waals surface area contributed by atoms with E-state index in [2.05, 4.69) is 42.0 Å². The molecule has 1 aromatic carbocycles. The number of carbonyl (C=O) groups excluding carboxylic acids is 1. The van der Waals surface area contributed by atoms with Gasteiger partial charge in [-0.1, -0.05) is 32.9 Å². The standard InChI is InChI=1S/C22H29N3O2/c1-22(2,3)18-6-8-19(9-7-18)27-16-21(26)24-15-17-10-11-23-20(14-17)25-12-4-5-13-25/h6-11,14H,4-5,12-13,15-16H2,1-3H3,(H,24,26). The van der Waals surface area contributed by atoms with Gasteiger partial charge in [-0.2, -0.15) is 0 Å². The molecule has 1 saturated heterocycles. The number of carbonyl (C=O) groups is 1. The maximum Gasteiger partial charge on any atom is 0.258 e. The highest BCUT2D eigenvalue weighted by Crippen LogP contribution is 2.24. The molecule has 3 rings (SSSR count). The smallest absolute Gasteiger partial charge is 0.258 e. The Bertz CT molecular complexity index is 760. The van der Waals surface area contributed by atoms with E-state index in [1.807, 2.05) is 36.5 Å². The minimum atomic E-state index is -0.130. The molecule has 0 unspecified atom stereocenters. The molecule has 144 valence electrons. The van der Waals surface area contributed by atoms with Crippen molar-refractivity contribution in [1.82, 2.24) is 10.3 Å². The van der Waals surface area contributed by atoms with Crippen molar-refractivity contribution >= 4 is 11.7 Å². The number of amides is 1. The average molecular weight is 367 g/mol. The fourth-order valence-corrected chi connectivity index (χ4v) is 3.14. The Kier molecular flexibility index (Phi) is 5.99. The molecule has 1 N–H and O–H groups in total. The lowest BCUT2D eigenvalue weighted by molar-refractivity contribution is -0.123. The van der Waals surface area contributed by atoms with Crippen molar-refractivity contribution in [3.8, 4) is 5.75 Å². The fourth-order valence-electron chi connectivity index (χ4n) is 3.14. The number of pyridine rings is 1. The van der Waals surface area contributed by atoms with Gasteiger partial charge in [0.1, 0.15) is 11.6 Å². The summed E-state index contributed by atoms with van der Waals surface area (Å²) in [6, 6.07) is 11.9. The summed E-state index contributed by atoms with van der Waals surface area (Å²) in [6.07, 6.45) is 4.25. The summed E-state index contributed by atoms with van der Waals surface area (Å²) in [6.45, 7) is 9.13.